The van der Waals surface area contributed by atoms with Gasteiger partial charge in [0.2, 0.25) is 0 Å². The van der Waals surface area contributed by atoms with Crippen molar-refractivity contribution in [3.05, 3.63) is 0 Å². The van der Waals surface area contributed by atoms with Crippen molar-refractivity contribution in [1.82, 2.24) is 15.5 Å². The van der Waals surface area contributed by atoms with E-state index in [4.69, 9.17) is 0 Å². The van der Waals surface area contributed by atoms with Crippen molar-refractivity contribution in [1.29, 1.82) is 0 Å². The molecule has 0 aromatic carbocycles. The van der Waals surface area contributed by atoms with Crippen LogP contribution in [0.3, 0.4) is 0 Å². The third kappa shape index (κ3) is 2.64. The molecule has 1 rings (SSSR count). The average Bonchev–Trinajstić information content (AvgIpc) is 2.03. The maximum absolute atomic E-state index is 3.34. The van der Waals surface area contributed by atoms with E-state index in [2.05, 4.69) is 15.5 Å². The summed E-state index contributed by atoms with van der Waals surface area (Å²) in [6.07, 6.45) is 1.30. The van der Waals surface area contributed by atoms with Crippen molar-refractivity contribution in [3.8, 4) is 0 Å². The lowest BCUT2D eigenvalue weighted by molar-refractivity contribution is 0.217. The second kappa shape index (κ2) is 4.66. The van der Waals surface area contributed by atoms with Gasteiger partial charge in [0.15, 0.2) is 0 Å². The molecule has 0 aromatic rings. The van der Waals surface area contributed by atoms with E-state index in [0.717, 1.165) is 13.2 Å². The van der Waals surface area contributed by atoms with E-state index in [0.29, 0.717) is 0 Å². The fourth-order valence-electron chi connectivity index (χ4n) is 1.20. The van der Waals surface area contributed by atoms with Crippen LogP contribution in [0.25, 0.3) is 0 Å². The molecule has 0 saturated carbocycles. The molecule has 60 valence electrons. The lowest BCUT2D eigenvalue weighted by atomic mass is 10.3. The Balaban J connectivity index is 2.02. The highest BCUT2D eigenvalue weighted by molar-refractivity contribution is 4.63. The van der Waals surface area contributed by atoms with Crippen LogP contribution in [0.5, 0.6) is 0 Å². The van der Waals surface area contributed by atoms with Crippen LogP contribution in [0.4, 0.5) is 0 Å². The quantitative estimate of drug-likeness (QED) is 0.555. The number of hydrogen-bond acceptors (Lipinski definition) is 3. The van der Waals surface area contributed by atoms with E-state index in [1.807, 2.05) is 7.05 Å². The normalized spacial score (nSPS) is 21.3. The number of likely N-dealkylation sites (N-methyl/N-ethyl adjacent to an activating group) is 1. The molecule has 3 nitrogen and oxygen atoms in total. The predicted molar refractivity (Wildman–Crippen MR) is 43.0 cm³/mol. The Morgan fingerprint density at radius 1 is 1.60 bits per heavy atom. The maximum atomic E-state index is 3.34. The first kappa shape index (κ1) is 7.98. The first-order valence-electron chi connectivity index (χ1n) is 4.01. The second-order valence-corrected chi connectivity index (χ2v) is 2.73. The second-order valence-electron chi connectivity index (χ2n) is 2.73. The molecule has 1 aliphatic heterocycles. The van der Waals surface area contributed by atoms with Crippen molar-refractivity contribution in [2.75, 3.05) is 39.9 Å². The van der Waals surface area contributed by atoms with Crippen molar-refractivity contribution >= 4 is 0 Å². The van der Waals surface area contributed by atoms with E-state index < -0.39 is 0 Å². The summed E-state index contributed by atoms with van der Waals surface area (Å²) in [5.74, 6) is 0. The van der Waals surface area contributed by atoms with E-state index >= 15 is 0 Å². The lowest BCUT2D eigenvalue weighted by Gasteiger charge is -2.26. The third-order valence-electron chi connectivity index (χ3n) is 1.84. The summed E-state index contributed by atoms with van der Waals surface area (Å²) in [5.41, 5.74) is 0. The molecule has 0 bridgehead atoms. The van der Waals surface area contributed by atoms with Gasteiger partial charge in [-0.15, -0.1) is 0 Å². The first-order chi connectivity index (χ1) is 4.93. The predicted octanol–water partition coefficient (Wildman–Crippen LogP) is -0.541. The van der Waals surface area contributed by atoms with Crippen LogP contribution in [-0.2, 0) is 0 Å². The van der Waals surface area contributed by atoms with Gasteiger partial charge in [0.25, 0.3) is 0 Å². The van der Waals surface area contributed by atoms with E-state index in [-0.39, 0.29) is 0 Å². The van der Waals surface area contributed by atoms with E-state index in [9.17, 15) is 0 Å². The molecule has 0 radical (unpaired) electrons. The molecule has 1 saturated heterocycles. The molecule has 0 aromatic heterocycles. The van der Waals surface area contributed by atoms with Crippen LogP contribution in [-0.4, -0.2) is 44.8 Å². The van der Waals surface area contributed by atoms with Crippen LogP contribution in [0, 0.1) is 0 Å². The zero-order chi connectivity index (χ0) is 7.23. The molecule has 10 heavy (non-hydrogen) atoms. The highest BCUT2D eigenvalue weighted by atomic mass is 15.2. The van der Waals surface area contributed by atoms with Gasteiger partial charge >= 0.3 is 0 Å². The molecule has 0 unspecified atom stereocenters. The highest BCUT2D eigenvalue weighted by Crippen LogP contribution is 1.93. The van der Waals surface area contributed by atoms with Crippen LogP contribution >= 0.6 is 0 Å². The van der Waals surface area contributed by atoms with Gasteiger partial charge in [0.05, 0.1) is 0 Å². The van der Waals surface area contributed by atoms with Crippen molar-refractivity contribution in [3.63, 3.8) is 0 Å². The third-order valence-corrected chi connectivity index (χ3v) is 1.84. The van der Waals surface area contributed by atoms with Gasteiger partial charge in [0.1, 0.15) is 0 Å². The van der Waals surface area contributed by atoms with Crippen molar-refractivity contribution in [2.24, 2.45) is 0 Å². The molecule has 0 spiro atoms. The Bertz CT molecular complexity index is 78.9. The minimum absolute atomic E-state index is 1.07. The van der Waals surface area contributed by atoms with Gasteiger partial charge in [0, 0.05) is 26.3 Å². The summed E-state index contributed by atoms with van der Waals surface area (Å²) >= 11 is 0. The monoisotopic (exact) mass is 143 g/mol. The lowest BCUT2D eigenvalue weighted by Crippen LogP contribution is -2.43. The number of nitrogens with one attached hydrogen (secondary N) is 2. The Labute approximate surface area is 62.8 Å². The van der Waals surface area contributed by atoms with E-state index in [1.165, 1.54) is 26.1 Å². The summed E-state index contributed by atoms with van der Waals surface area (Å²) in [7, 11) is 2.00. The molecule has 0 amide bonds. The molecular weight excluding hydrogens is 126 g/mol. The number of rotatable bonds is 3. The molecule has 3 heteroatoms. The minimum Gasteiger partial charge on any atom is -0.318 e. The molecule has 0 atom stereocenters. The van der Waals surface area contributed by atoms with Crippen molar-refractivity contribution < 1.29 is 0 Å². The molecule has 1 heterocycles. The highest BCUT2D eigenvalue weighted by Gasteiger charge is 2.06. The standard InChI is InChI=1S/C7H17N3/c1-8-4-6-10-5-2-3-9-7-10/h8-9H,2-7H2,1H3. The van der Waals surface area contributed by atoms with Gasteiger partial charge < -0.3 is 10.6 Å². The largest absolute Gasteiger partial charge is 0.318 e. The summed E-state index contributed by atoms with van der Waals surface area (Å²) in [6, 6.07) is 0. The Morgan fingerprint density at radius 3 is 3.10 bits per heavy atom. The molecule has 0 aliphatic carbocycles. The van der Waals surface area contributed by atoms with Gasteiger partial charge in [-0.2, -0.15) is 0 Å². The zero-order valence-electron chi connectivity index (χ0n) is 6.69. The van der Waals surface area contributed by atoms with Crippen LogP contribution < -0.4 is 10.6 Å². The maximum Gasteiger partial charge on any atom is 0.0480 e. The van der Waals surface area contributed by atoms with Gasteiger partial charge in [-0.3, -0.25) is 4.90 Å². The fraction of sp³-hybridized carbons (Fsp3) is 1.00. The van der Waals surface area contributed by atoms with Gasteiger partial charge in [-0.05, 0) is 20.0 Å². The summed E-state index contributed by atoms with van der Waals surface area (Å²) in [4.78, 5) is 2.43. The SMILES string of the molecule is CNCCN1CCCNC1. The van der Waals surface area contributed by atoms with Crippen LogP contribution in [0.2, 0.25) is 0 Å². The fourth-order valence-corrected chi connectivity index (χ4v) is 1.20. The van der Waals surface area contributed by atoms with Gasteiger partial charge in [-0.1, -0.05) is 0 Å². The number of nitrogens with zero attached hydrogens (tertiary/aromatic N) is 1. The summed E-state index contributed by atoms with van der Waals surface area (Å²) in [5, 5.41) is 6.49. The van der Waals surface area contributed by atoms with Gasteiger partial charge in [-0.25, -0.2) is 0 Å². The molecule has 1 aliphatic rings. The molecular formula is C7H17N3. The summed E-state index contributed by atoms with van der Waals surface area (Å²) in [6.45, 7) is 5.79. The Hall–Kier alpha value is -0.120. The van der Waals surface area contributed by atoms with Crippen LogP contribution in [0.15, 0.2) is 0 Å². The Kier molecular flexibility index (Phi) is 3.72. The smallest absolute Gasteiger partial charge is 0.0480 e. The minimum atomic E-state index is 1.07. The van der Waals surface area contributed by atoms with Crippen molar-refractivity contribution in [2.45, 2.75) is 6.42 Å². The zero-order valence-corrected chi connectivity index (χ0v) is 6.69. The Morgan fingerprint density at radius 2 is 2.50 bits per heavy atom. The van der Waals surface area contributed by atoms with Crippen LogP contribution in [0.1, 0.15) is 6.42 Å². The average molecular weight is 143 g/mol. The first-order valence-corrected chi connectivity index (χ1v) is 4.01. The molecule has 2 N–H and O–H groups in total. The van der Waals surface area contributed by atoms with E-state index in [1.54, 1.807) is 0 Å². The topological polar surface area (TPSA) is 27.3 Å². The summed E-state index contributed by atoms with van der Waals surface area (Å²) < 4.78 is 0. The molecule has 1 fully saturated rings. The number of hydrogen-bond donors (Lipinski definition) is 2.